The normalized spacial score (nSPS) is 36.3. The second-order valence-corrected chi connectivity index (χ2v) is 11.3. The summed E-state index contributed by atoms with van der Waals surface area (Å²) in [5.74, 6) is 1.35. The van der Waals surface area contributed by atoms with Crippen molar-refractivity contribution in [2.45, 2.75) is 50.7 Å². The average Bonchev–Trinajstić information content (AvgIpc) is 2.73. The molecule has 0 aromatic heterocycles. The van der Waals surface area contributed by atoms with Crippen molar-refractivity contribution in [1.29, 1.82) is 0 Å². The van der Waals surface area contributed by atoms with Crippen LogP contribution in [-0.2, 0) is 16.0 Å². The first-order valence-electron chi connectivity index (χ1n) is 12.4. The largest absolute Gasteiger partial charge is 0.389 e. The summed E-state index contributed by atoms with van der Waals surface area (Å²) >= 11 is 0. The van der Waals surface area contributed by atoms with Crippen LogP contribution in [0.3, 0.4) is 0 Å². The molecule has 4 bridgehead atoms. The monoisotopic (exact) mass is 438 g/mol. The smallest absolute Gasteiger partial charge is 0.235 e. The fourth-order valence-corrected chi connectivity index (χ4v) is 8.07. The van der Waals surface area contributed by atoms with Gasteiger partial charge in [-0.2, -0.15) is 0 Å². The number of rotatable bonds is 5. The topological polar surface area (TPSA) is 81.1 Å². The fraction of sp³-hybridized carbons (Fsp3) is 0.692. The zero-order chi connectivity index (χ0) is 22.0. The molecule has 6 fully saturated rings. The molecule has 0 spiro atoms. The second kappa shape index (κ2) is 7.56. The van der Waals surface area contributed by atoms with Gasteiger partial charge in [-0.15, -0.1) is 0 Å². The van der Waals surface area contributed by atoms with Crippen molar-refractivity contribution in [3.8, 4) is 0 Å². The lowest BCUT2D eigenvalue weighted by Crippen LogP contribution is -2.68. The quantitative estimate of drug-likeness (QED) is 0.686. The molecule has 2 heterocycles. The number of aliphatic hydroxyl groups excluding tert-OH is 2. The Kier molecular flexibility index (Phi) is 4.88. The third-order valence-electron chi connectivity index (χ3n) is 9.39. The van der Waals surface area contributed by atoms with Crippen molar-refractivity contribution in [2.75, 3.05) is 26.2 Å². The van der Waals surface area contributed by atoms with Crippen molar-refractivity contribution in [1.82, 2.24) is 9.80 Å². The van der Waals surface area contributed by atoms with Crippen LogP contribution in [0.5, 0.6) is 0 Å². The minimum atomic E-state index is -0.710. The molecule has 1 aromatic carbocycles. The van der Waals surface area contributed by atoms with Gasteiger partial charge >= 0.3 is 0 Å². The number of carbonyl (C=O) groups is 2. The van der Waals surface area contributed by atoms with Crippen LogP contribution in [0.25, 0.3) is 0 Å². The van der Waals surface area contributed by atoms with Crippen molar-refractivity contribution in [3.05, 3.63) is 35.9 Å². The van der Waals surface area contributed by atoms with Gasteiger partial charge < -0.3 is 20.0 Å². The molecule has 1 aromatic rings. The number of benzene rings is 1. The van der Waals surface area contributed by atoms with E-state index in [0.717, 1.165) is 43.9 Å². The Morgan fingerprint density at radius 1 is 0.812 bits per heavy atom. The van der Waals surface area contributed by atoms with E-state index in [1.807, 2.05) is 6.07 Å². The number of aliphatic hydroxyl groups is 2. The van der Waals surface area contributed by atoms with E-state index >= 15 is 0 Å². The Morgan fingerprint density at radius 3 is 1.72 bits per heavy atom. The molecule has 7 rings (SSSR count). The fourth-order valence-electron chi connectivity index (χ4n) is 8.07. The lowest BCUT2D eigenvalue weighted by Gasteiger charge is -2.64. The molecule has 4 aliphatic carbocycles. The van der Waals surface area contributed by atoms with Gasteiger partial charge in [0.05, 0.1) is 12.2 Å². The highest BCUT2D eigenvalue weighted by Gasteiger charge is 2.64. The van der Waals surface area contributed by atoms with E-state index in [1.54, 1.807) is 9.80 Å². The maximum Gasteiger partial charge on any atom is 0.235 e. The van der Waals surface area contributed by atoms with Crippen molar-refractivity contribution in [3.63, 3.8) is 0 Å². The highest BCUT2D eigenvalue weighted by atomic mass is 16.3. The Balaban J connectivity index is 1.43. The lowest BCUT2D eigenvalue weighted by molar-refractivity contribution is -0.187. The van der Waals surface area contributed by atoms with Crippen LogP contribution in [0, 0.1) is 35.0 Å². The Hall–Kier alpha value is -1.92. The van der Waals surface area contributed by atoms with Crippen LogP contribution >= 0.6 is 0 Å². The molecule has 6 heteroatoms. The predicted molar refractivity (Wildman–Crippen MR) is 118 cm³/mol. The summed E-state index contributed by atoms with van der Waals surface area (Å²) in [5.41, 5.74) is 0.835. The van der Waals surface area contributed by atoms with E-state index < -0.39 is 18.1 Å². The molecular weight excluding hydrogens is 404 g/mol. The Labute approximate surface area is 189 Å². The maximum atomic E-state index is 14.0. The third kappa shape index (κ3) is 3.13. The maximum absolute atomic E-state index is 14.0. The highest BCUT2D eigenvalue weighted by Crippen LogP contribution is 2.66. The van der Waals surface area contributed by atoms with Crippen LogP contribution in [0.2, 0.25) is 0 Å². The van der Waals surface area contributed by atoms with Crippen molar-refractivity contribution < 1.29 is 19.8 Å². The van der Waals surface area contributed by atoms with Gasteiger partial charge in [-0.25, -0.2) is 0 Å². The summed E-state index contributed by atoms with van der Waals surface area (Å²) in [6.07, 6.45) is 5.62. The van der Waals surface area contributed by atoms with Gasteiger partial charge in [0.1, 0.15) is 5.92 Å². The number of β-amino-alcohol motifs (C(OH)–C–C–N with tert-alkyl or cyclic N) is 2. The number of hydrogen-bond donors (Lipinski definition) is 2. The van der Waals surface area contributed by atoms with E-state index in [9.17, 15) is 19.8 Å². The predicted octanol–water partition coefficient (Wildman–Crippen LogP) is 1.69. The molecule has 2 aliphatic heterocycles. The minimum Gasteiger partial charge on any atom is -0.389 e. The molecule has 32 heavy (non-hydrogen) atoms. The zero-order valence-corrected chi connectivity index (χ0v) is 18.6. The van der Waals surface area contributed by atoms with Crippen LogP contribution in [-0.4, -0.2) is 70.2 Å². The Bertz CT molecular complexity index is 832. The number of nitrogens with zero attached hydrogens (tertiary/aromatic N) is 2. The first-order chi connectivity index (χ1) is 15.4. The summed E-state index contributed by atoms with van der Waals surface area (Å²) in [6, 6.07) is 10.4. The van der Waals surface area contributed by atoms with Gasteiger partial charge in [0.15, 0.2) is 0 Å². The standard InChI is InChI=1S/C26H34N2O4/c29-21-12-27(13-21)24(31)23(25(32)28-14-22(30)15-28)26(11-16-4-2-1-3-5-16)19-7-17-6-18(9-19)10-20(26)8-17/h1-5,17-23,29-30H,6-15H2. The van der Waals surface area contributed by atoms with E-state index in [1.165, 1.54) is 12.0 Å². The summed E-state index contributed by atoms with van der Waals surface area (Å²) in [5, 5.41) is 19.8. The average molecular weight is 439 g/mol. The molecule has 2 saturated heterocycles. The van der Waals surface area contributed by atoms with Gasteiger partial charge in [0.2, 0.25) is 11.8 Å². The number of likely N-dealkylation sites (tertiary alicyclic amines) is 2. The Morgan fingerprint density at radius 2 is 1.28 bits per heavy atom. The number of amides is 2. The molecule has 4 saturated carbocycles. The molecular formula is C26H34N2O4. The molecule has 172 valence electrons. The SMILES string of the molecule is O=C(C(C(=O)N1CC(O)C1)C1(Cc2ccccc2)C2CC3CC(C2)CC1C3)N1CC(O)C1. The summed E-state index contributed by atoms with van der Waals surface area (Å²) in [4.78, 5) is 31.3. The summed E-state index contributed by atoms with van der Waals surface area (Å²) in [6.45, 7) is 1.31. The number of carbonyl (C=O) groups excluding carboxylic acids is 2. The zero-order valence-electron chi connectivity index (χ0n) is 18.6. The first kappa shape index (κ1) is 20.7. The van der Waals surface area contributed by atoms with Gasteiger partial charge in [-0.1, -0.05) is 30.3 Å². The van der Waals surface area contributed by atoms with Crippen molar-refractivity contribution >= 4 is 11.8 Å². The highest BCUT2D eigenvalue weighted by molar-refractivity contribution is 6.02. The molecule has 0 atom stereocenters. The van der Waals surface area contributed by atoms with E-state index in [2.05, 4.69) is 24.3 Å². The van der Waals surface area contributed by atoms with Crippen LogP contribution in [0.15, 0.2) is 30.3 Å². The van der Waals surface area contributed by atoms with E-state index in [0.29, 0.717) is 38.0 Å². The molecule has 6 aliphatic rings. The molecule has 2 amide bonds. The lowest BCUT2D eigenvalue weighted by atomic mass is 9.41. The van der Waals surface area contributed by atoms with E-state index in [-0.39, 0.29) is 17.2 Å². The number of hydrogen-bond acceptors (Lipinski definition) is 4. The van der Waals surface area contributed by atoms with Gasteiger partial charge in [-0.05, 0) is 67.8 Å². The van der Waals surface area contributed by atoms with Crippen LogP contribution < -0.4 is 0 Å². The van der Waals surface area contributed by atoms with Crippen LogP contribution in [0.4, 0.5) is 0 Å². The molecule has 2 N–H and O–H groups in total. The molecule has 0 radical (unpaired) electrons. The van der Waals surface area contributed by atoms with Crippen LogP contribution in [0.1, 0.15) is 37.7 Å². The summed E-state index contributed by atoms with van der Waals surface area (Å²) < 4.78 is 0. The minimum absolute atomic E-state index is 0.0925. The first-order valence-corrected chi connectivity index (χ1v) is 12.4. The summed E-state index contributed by atoms with van der Waals surface area (Å²) in [7, 11) is 0. The van der Waals surface area contributed by atoms with Gasteiger partial charge in [0.25, 0.3) is 0 Å². The molecule has 6 nitrogen and oxygen atoms in total. The van der Waals surface area contributed by atoms with Gasteiger partial charge in [0, 0.05) is 31.6 Å². The van der Waals surface area contributed by atoms with Crippen molar-refractivity contribution in [2.24, 2.45) is 35.0 Å². The third-order valence-corrected chi connectivity index (χ3v) is 9.39. The van der Waals surface area contributed by atoms with Gasteiger partial charge in [-0.3, -0.25) is 9.59 Å². The van der Waals surface area contributed by atoms with E-state index in [4.69, 9.17) is 0 Å². The molecule has 0 unspecified atom stereocenters. The second-order valence-electron chi connectivity index (χ2n) is 11.3.